The Hall–Kier alpha value is -1.75. The minimum atomic E-state index is -0.886. The second kappa shape index (κ2) is 6.80. The first-order valence-corrected chi connectivity index (χ1v) is 7.32. The number of methoxy groups -OCH3 is 1. The van der Waals surface area contributed by atoms with Crippen LogP contribution in [0.2, 0.25) is 0 Å². The van der Waals surface area contributed by atoms with Crippen LogP contribution in [0.1, 0.15) is 23.2 Å². The molecule has 0 aromatic heterocycles. The predicted octanol–water partition coefficient (Wildman–Crippen LogP) is 2.17. The lowest BCUT2D eigenvalue weighted by Gasteiger charge is -2.35. The summed E-state index contributed by atoms with van der Waals surface area (Å²) in [5.74, 6) is 0.503. The molecule has 1 aliphatic heterocycles. The monoisotopic (exact) mass is 292 g/mol. The van der Waals surface area contributed by atoms with Crippen molar-refractivity contribution in [2.24, 2.45) is 5.92 Å². The molecule has 1 aliphatic rings. The summed E-state index contributed by atoms with van der Waals surface area (Å²) < 4.78 is 5.23. The maximum absolute atomic E-state index is 11.4. The highest BCUT2D eigenvalue weighted by Gasteiger charge is 2.23. The molecule has 0 spiro atoms. The fraction of sp³-hybridized carbons (Fsp3) is 0.562. The van der Waals surface area contributed by atoms with Gasteiger partial charge >= 0.3 is 5.97 Å². The first-order chi connectivity index (χ1) is 10.0. The van der Waals surface area contributed by atoms with E-state index in [4.69, 9.17) is 4.74 Å². The van der Waals surface area contributed by atoms with E-state index in [-0.39, 0.29) is 0 Å². The van der Waals surface area contributed by atoms with E-state index in [0.717, 1.165) is 38.2 Å². The van der Waals surface area contributed by atoms with Gasteiger partial charge in [-0.1, -0.05) is 0 Å². The zero-order chi connectivity index (χ0) is 15.4. The molecular weight excluding hydrogens is 268 g/mol. The van der Waals surface area contributed by atoms with Crippen molar-refractivity contribution in [3.05, 3.63) is 23.8 Å². The van der Waals surface area contributed by atoms with Crippen LogP contribution in [0.3, 0.4) is 0 Å². The highest BCUT2D eigenvalue weighted by atomic mass is 16.5. The van der Waals surface area contributed by atoms with E-state index in [9.17, 15) is 9.90 Å². The van der Waals surface area contributed by atoms with Gasteiger partial charge in [0.05, 0.1) is 18.4 Å². The Kier molecular flexibility index (Phi) is 5.07. The molecule has 1 fully saturated rings. The minimum absolute atomic E-state index is 0.349. The fourth-order valence-corrected chi connectivity index (χ4v) is 2.95. The Morgan fingerprint density at radius 3 is 2.57 bits per heavy atom. The molecule has 0 bridgehead atoms. The quantitative estimate of drug-likeness (QED) is 0.901. The fourth-order valence-electron chi connectivity index (χ4n) is 2.95. The normalized spacial score (nSPS) is 16.3. The van der Waals surface area contributed by atoms with Crippen molar-refractivity contribution in [2.75, 3.05) is 45.7 Å². The van der Waals surface area contributed by atoms with Crippen molar-refractivity contribution in [1.29, 1.82) is 0 Å². The minimum Gasteiger partial charge on any atom is -0.497 e. The maximum atomic E-state index is 11.4. The second-order valence-corrected chi connectivity index (χ2v) is 5.88. The van der Waals surface area contributed by atoms with Crippen molar-refractivity contribution in [1.82, 2.24) is 4.90 Å². The Labute approximate surface area is 126 Å². The van der Waals surface area contributed by atoms with Crippen LogP contribution in [0, 0.1) is 5.92 Å². The molecule has 1 aromatic rings. The molecule has 1 N–H and O–H groups in total. The summed E-state index contributed by atoms with van der Waals surface area (Å²) in [6.45, 7) is 2.88. The van der Waals surface area contributed by atoms with Crippen LogP contribution in [0.5, 0.6) is 5.75 Å². The lowest BCUT2D eigenvalue weighted by molar-refractivity contribution is 0.0697. The second-order valence-electron chi connectivity index (χ2n) is 5.88. The first-order valence-electron chi connectivity index (χ1n) is 7.32. The zero-order valence-corrected chi connectivity index (χ0v) is 13.0. The SMILES string of the molecule is COc1ccc(C(=O)O)c(N2CCC(CN(C)C)CC2)c1. The maximum Gasteiger partial charge on any atom is 0.337 e. The van der Waals surface area contributed by atoms with Gasteiger partial charge in [-0.15, -0.1) is 0 Å². The highest BCUT2D eigenvalue weighted by molar-refractivity contribution is 5.94. The number of nitrogens with zero attached hydrogens (tertiary/aromatic N) is 2. The van der Waals surface area contributed by atoms with Crippen molar-refractivity contribution < 1.29 is 14.6 Å². The molecule has 0 amide bonds. The van der Waals surface area contributed by atoms with Crippen LogP contribution in [-0.2, 0) is 0 Å². The Bertz CT molecular complexity index is 494. The van der Waals surface area contributed by atoms with Crippen molar-refractivity contribution in [2.45, 2.75) is 12.8 Å². The molecule has 0 radical (unpaired) electrons. The van der Waals surface area contributed by atoms with E-state index < -0.39 is 5.97 Å². The standard InChI is InChI=1S/C16H24N2O3/c1-17(2)11-12-6-8-18(9-7-12)15-10-13(21-3)4-5-14(15)16(19)20/h4-5,10,12H,6-9,11H2,1-3H3,(H,19,20). The summed E-state index contributed by atoms with van der Waals surface area (Å²) in [6.07, 6.45) is 2.18. The average molecular weight is 292 g/mol. The molecule has 21 heavy (non-hydrogen) atoms. The molecule has 0 unspecified atom stereocenters. The number of anilines is 1. The molecular formula is C16H24N2O3. The molecule has 116 valence electrons. The largest absolute Gasteiger partial charge is 0.497 e. The van der Waals surface area contributed by atoms with E-state index >= 15 is 0 Å². The third kappa shape index (κ3) is 3.88. The molecule has 5 nitrogen and oxygen atoms in total. The topological polar surface area (TPSA) is 53.0 Å². The van der Waals surface area contributed by atoms with Gasteiger partial charge in [-0.2, -0.15) is 0 Å². The number of carboxylic acids is 1. The molecule has 5 heteroatoms. The van der Waals surface area contributed by atoms with Crippen LogP contribution in [0.15, 0.2) is 18.2 Å². The van der Waals surface area contributed by atoms with Gasteiger partial charge in [0.1, 0.15) is 5.75 Å². The number of carbonyl (C=O) groups is 1. The molecule has 1 aromatic carbocycles. The van der Waals surface area contributed by atoms with Crippen molar-refractivity contribution in [3.63, 3.8) is 0 Å². The molecule has 2 rings (SSSR count). The number of benzene rings is 1. The third-order valence-corrected chi connectivity index (χ3v) is 4.01. The summed E-state index contributed by atoms with van der Waals surface area (Å²) in [6, 6.07) is 5.16. The molecule has 0 atom stereocenters. The summed E-state index contributed by atoms with van der Waals surface area (Å²) in [5.41, 5.74) is 1.12. The van der Waals surface area contributed by atoms with Crippen molar-refractivity contribution in [3.8, 4) is 5.75 Å². The summed E-state index contributed by atoms with van der Waals surface area (Å²) >= 11 is 0. The van der Waals surface area contributed by atoms with E-state index in [1.807, 2.05) is 6.07 Å². The van der Waals surface area contributed by atoms with E-state index in [0.29, 0.717) is 17.2 Å². The van der Waals surface area contributed by atoms with Gasteiger partial charge in [0.25, 0.3) is 0 Å². The van der Waals surface area contributed by atoms with E-state index in [2.05, 4.69) is 23.9 Å². The van der Waals surface area contributed by atoms with Gasteiger partial charge < -0.3 is 19.6 Å². The number of aromatic carboxylic acids is 1. The first kappa shape index (κ1) is 15.6. The number of carboxylic acid groups (broad SMARTS) is 1. The van der Waals surface area contributed by atoms with E-state index in [1.165, 1.54) is 0 Å². The average Bonchev–Trinajstić information content (AvgIpc) is 2.46. The van der Waals surface area contributed by atoms with Crippen molar-refractivity contribution >= 4 is 11.7 Å². The smallest absolute Gasteiger partial charge is 0.337 e. The van der Waals surface area contributed by atoms with Gasteiger partial charge in [-0.25, -0.2) is 4.79 Å². The number of rotatable bonds is 5. The molecule has 0 saturated carbocycles. The van der Waals surface area contributed by atoms with Gasteiger partial charge in [0.2, 0.25) is 0 Å². The van der Waals surface area contributed by atoms with Gasteiger partial charge in [0, 0.05) is 25.7 Å². The van der Waals surface area contributed by atoms with Gasteiger partial charge in [-0.05, 0) is 45.0 Å². The summed E-state index contributed by atoms with van der Waals surface area (Å²) in [7, 11) is 5.79. The van der Waals surface area contributed by atoms with Crippen LogP contribution in [0.25, 0.3) is 0 Å². The lowest BCUT2D eigenvalue weighted by atomic mass is 9.95. The molecule has 1 heterocycles. The number of hydrogen-bond acceptors (Lipinski definition) is 4. The molecule has 0 aliphatic carbocycles. The number of piperidine rings is 1. The van der Waals surface area contributed by atoms with Crippen LogP contribution in [-0.4, -0.2) is 56.8 Å². The number of hydrogen-bond donors (Lipinski definition) is 1. The van der Waals surface area contributed by atoms with Crippen LogP contribution < -0.4 is 9.64 Å². The third-order valence-electron chi connectivity index (χ3n) is 4.01. The Morgan fingerprint density at radius 1 is 1.38 bits per heavy atom. The Balaban J connectivity index is 2.13. The summed E-state index contributed by atoms with van der Waals surface area (Å²) in [5, 5.41) is 9.36. The van der Waals surface area contributed by atoms with Gasteiger partial charge in [0.15, 0.2) is 0 Å². The Morgan fingerprint density at radius 2 is 2.05 bits per heavy atom. The molecule has 1 saturated heterocycles. The predicted molar refractivity (Wildman–Crippen MR) is 83.4 cm³/mol. The lowest BCUT2D eigenvalue weighted by Crippen LogP contribution is -2.37. The van der Waals surface area contributed by atoms with Crippen LogP contribution in [0.4, 0.5) is 5.69 Å². The zero-order valence-electron chi connectivity index (χ0n) is 13.0. The van der Waals surface area contributed by atoms with Gasteiger partial charge in [-0.3, -0.25) is 0 Å². The van der Waals surface area contributed by atoms with E-state index in [1.54, 1.807) is 19.2 Å². The summed E-state index contributed by atoms with van der Waals surface area (Å²) in [4.78, 5) is 15.8. The highest BCUT2D eigenvalue weighted by Crippen LogP contribution is 2.30. The number of ether oxygens (including phenoxy) is 1. The van der Waals surface area contributed by atoms with Crippen LogP contribution >= 0.6 is 0 Å².